The van der Waals surface area contributed by atoms with Crippen molar-refractivity contribution in [3.63, 3.8) is 0 Å². The number of amides is 1. The highest BCUT2D eigenvalue weighted by molar-refractivity contribution is 5.94. The number of piperazine rings is 1. The number of hydrogen-bond acceptors (Lipinski definition) is 6. The molecular weight excluding hydrogens is 346 g/mol. The molecule has 1 aliphatic heterocycles. The van der Waals surface area contributed by atoms with E-state index >= 15 is 0 Å². The van der Waals surface area contributed by atoms with Crippen LogP contribution < -0.4 is 5.56 Å². The molecule has 1 amide bonds. The van der Waals surface area contributed by atoms with Gasteiger partial charge in [-0.1, -0.05) is 25.9 Å². The molecule has 27 heavy (non-hydrogen) atoms. The second-order valence-corrected chi connectivity index (χ2v) is 7.96. The first-order chi connectivity index (χ1) is 12.8. The molecule has 0 N–H and O–H groups in total. The summed E-state index contributed by atoms with van der Waals surface area (Å²) in [5, 5.41) is 8.19. The molecule has 0 unspecified atom stereocenters. The standard InChI is InChI=1S/C19H27N5O3/c1-14-15(13-20-27-14)18(26)23-10-7-22(8-11-23)9-12-24-17(25)6-5-16(21-24)19(2,3)4/h5-6,13H,7-12H2,1-4H3. The summed E-state index contributed by atoms with van der Waals surface area (Å²) < 4.78 is 6.52. The van der Waals surface area contributed by atoms with Crippen molar-refractivity contribution in [1.29, 1.82) is 0 Å². The fraction of sp³-hybridized carbons (Fsp3) is 0.579. The van der Waals surface area contributed by atoms with Crippen molar-refractivity contribution in [2.75, 3.05) is 32.7 Å². The van der Waals surface area contributed by atoms with Gasteiger partial charge in [0.15, 0.2) is 0 Å². The quantitative estimate of drug-likeness (QED) is 0.803. The van der Waals surface area contributed by atoms with E-state index in [1.54, 1.807) is 23.7 Å². The van der Waals surface area contributed by atoms with Gasteiger partial charge in [0.1, 0.15) is 11.3 Å². The van der Waals surface area contributed by atoms with Crippen LogP contribution in [0.5, 0.6) is 0 Å². The first kappa shape index (κ1) is 19.3. The van der Waals surface area contributed by atoms with Crippen LogP contribution in [0.4, 0.5) is 0 Å². The van der Waals surface area contributed by atoms with E-state index in [1.807, 2.05) is 4.90 Å². The Morgan fingerprint density at radius 3 is 2.44 bits per heavy atom. The molecule has 0 aliphatic carbocycles. The van der Waals surface area contributed by atoms with Crippen LogP contribution in [0.15, 0.2) is 27.6 Å². The minimum absolute atomic E-state index is 0.0378. The van der Waals surface area contributed by atoms with Crippen molar-refractivity contribution in [3.05, 3.63) is 45.7 Å². The van der Waals surface area contributed by atoms with Gasteiger partial charge in [-0.2, -0.15) is 5.10 Å². The average molecular weight is 373 g/mol. The van der Waals surface area contributed by atoms with Gasteiger partial charge in [-0.3, -0.25) is 14.5 Å². The van der Waals surface area contributed by atoms with Gasteiger partial charge in [0.25, 0.3) is 11.5 Å². The van der Waals surface area contributed by atoms with Gasteiger partial charge < -0.3 is 9.42 Å². The smallest absolute Gasteiger partial charge is 0.266 e. The fourth-order valence-electron chi connectivity index (χ4n) is 3.09. The second kappa shape index (κ2) is 7.64. The molecule has 1 aliphatic rings. The van der Waals surface area contributed by atoms with Crippen molar-refractivity contribution in [2.45, 2.75) is 39.7 Å². The SMILES string of the molecule is Cc1oncc1C(=O)N1CCN(CCn2nc(C(C)(C)C)ccc2=O)CC1. The first-order valence-electron chi connectivity index (χ1n) is 9.27. The van der Waals surface area contributed by atoms with Crippen molar-refractivity contribution >= 4 is 5.91 Å². The molecule has 3 heterocycles. The number of nitrogens with zero attached hydrogens (tertiary/aromatic N) is 5. The summed E-state index contributed by atoms with van der Waals surface area (Å²) in [6, 6.07) is 3.39. The molecule has 0 bridgehead atoms. The average Bonchev–Trinajstić information content (AvgIpc) is 3.06. The third kappa shape index (κ3) is 4.44. The van der Waals surface area contributed by atoms with Crippen molar-refractivity contribution in [3.8, 4) is 0 Å². The highest BCUT2D eigenvalue weighted by Crippen LogP contribution is 2.18. The van der Waals surface area contributed by atoms with Gasteiger partial charge in [0, 0.05) is 44.2 Å². The molecule has 0 radical (unpaired) electrons. The van der Waals surface area contributed by atoms with E-state index in [1.165, 1.54) is 6.20 Å². The Morgan fingerprint density at radius 1 is 1.15 bits per heavy atom. The third-order valence-corrected chi connectivity index (χ3v) is 4.90. The number of rotatable bonds is 4. The Kier molecular flexibility index (Phi) is 5.46. The maximum absolute atomic E-state index is 12.5. The van der Waals surface area contributed by atoms with E-state index in [0.717, 1.165) is 25.3 Å². The lowest BCUT2D eigenvalue weighted by atomic mass is 9.92. The molecule has 2 aromatic heterocycles. The van der Waals surface area contributed by atoms with Crippen molar-refractivity contribution < 1.29 is 9.32 Å². The summed E-state index contributed by atoms with van der Waals surface area (Å²) in [4.78, 5) is 28.7. The molecule has 0 aromatic carbocycles. The lowest BCUT2D eigenvalue weighted by Gasteiger charge is -2.34. The summed E-state index contributed by atoms with van der Waals surface area (Å²) in [5.74, 6) is 0.510. The number of carbonyl (C=O) groups excluding carboxylic acids is 1. The molecule has 1 saturated heterocycles. The molecule has 3 rings (SSSR count). The van der Waals surface area contributed by atoms with Crippen LogP contribution in [-0.4, -0.2) is 63.4 Å². The monoisotopic (exact) mass is 373 g/mol. The summed E-state index contributed by atoms with van der Waals surface area (Å²) in [7, 11) is 0. The topological polar surface area (TPSA) is 84.5 Å². The summed E-state index contributed by atoms with van der Waals surface area (Å²) in [6.45, 7) is 12.1. The highest BCUT2D eigenvalue weighted by atomic mass is 16.5. The second-order valence-electron chi connectivity index (χ2n) is 7.96. The van der Waals surface area contributed by atoms with E-state index in [4.69, 9.17) is 4.52 Å². The van der Waals surface area contributed by atoms with Crippen LogP contribution in [-0.2, 0) is 12.0 Å². The van der Waals surface area contributed by atoms with Gasteiger partial charge >= 0.3 is 0 Å². The first-order valence-corrected chi connectivity index (χ1v) is 9.27. The maximum atomic E-state index is 12.5. The molecule has 0 saturated carbocycles. The zero-order chi connectivity index (χ0) is 19.6. The van der Waals surface area contributed by atoms with Gasteiger partial charge in [0.2, 0.25) is 0 Å². The van der Waals surface area contributed by atoms with E-state index in [2.05, 4.69) is 35.9 Å². The molecule has 8 nitrogen and oxygen atoms in total. The highest BCUT2D eigenvalue weighted by Gasteiger charge is 2.25. The Bertz CT molecular complexity index is 857. The zero-order valence-electron chi connectivity index (χ0n) is 16.4. The van der Waals surface area contributed by atoms with Crippen LogP contribution in [0.25, 0.3) is 0 Å². The van der Waals surface area contributed by atoms with Crippen molar-refractivity contribution in [2.24, 2.45) is 0 Å². The van der Waals surface area contributed by atoms with E-state index in [-0.39, 0.29) is 16.9 Å². The lowest BCUT2D eigenvalue weighted by molar-refractivity contribution is 0.0629. The van der Waals surface area contributed by atoms with Crippen molar-refractivity contribution in [1.82, 2.24) is 24.7 Å². The van der Waals surface area contributed by atoms with Crippen LogP contribution in [0.3, 0.4) is 0 Å². The Hall–Kier alpha value is -2.48. The number of hydrogen-bond donors (Lipinski definition) is 0. The normalized spacial score (nSPS) is 15.9. The Balaban J connectivity index is 1.55. The van der Waals surface area contributed by atoms with E-state index in [9.17, 15) is 9.59 Å². The number of aromatic nitrogens is 3. The molecule has 0 atom stereocenters. The Labute approximate surface area is 158 Å². The minimum atomic E-state index is -0.0957. The van der Waals surface area contributed by atoms with Gasteiger partial charge in [-0.15, -0.1) is 0 Å². The van der Waals surface area contributed by atoms with Crippen LogP contribution >= 0.6 is 0 Å². The van der Waals surface area contributed by atoms with Crippen LogP contribution in [0.1, 0.15) is 42.6 Å². The molecule has 8 heteroatoms. The summed E-state index contributed by atoms with van der Waals surface area (Å²) >= 11 is 0. The van der Waals surface area contributed by atoms with Crippen LogP contribution in [0.2, 0.25) is 0 Å². The molecular formula is C19H27N5O3. The van der Waals surface area contributed by atoms with Gasteiger partial charge in [-0.05, 0) is 13.0 Å². The summed E-state index contributed by atoms with van der Waals surface area (Å²) in [6.07, 6.45) is 1.48. The zero-order valence-corrected chi connectivity index (χ0v) is 16.4. The van der Waals surface area contributed by atoms with Crippen LogP contribution in [0, 0.1) is 6.92 Å². The maximum Gasteiger partial charge on any atom is 0.266 e. The summed E-state index contributed by atoms with van der Waals surface area (Å²) in [5.41, 5.74) is 1.25. The van der Waals surface area contributed by atoms with Gasteiger partial charge in [-0.25, -0.2) is 4.68 Å². The number of carbonyl (C=O) groups is 1. The van der Waals surface area contributed by atoms with Gasteiger partial charge in [0.05, 0.1) is 18.4 Å². The molecule has 1 fully saturated rings. The predicted octanol–water partition coefficient (Wildman–Crippen LogP) is 1.30. The minimum Gasteiger partial charge on any atom is -0.361 e. The Morgan fingerprint density at radius 2 is 1.85 bits per heavy atom. The third-order valence-electron chi connectivity index (χ3n) is 4.90. The molecule has 0 spiro atoms. The fourth-order valence-corrected chi connectivity index (χ4v) is 3.09. The predicted molar refractivity (Wildman–Crippen MR) is 101 cm³/mol. The van der Waals surface area contributed by atoms with E-state index < -0.39 is 0 Å². The van der Waals surface area contributed by atoms with E-state index in [0.29, 0.717) is 31.0 Å². The molecule has 146 valence electrons. The lowest BCUT2D eigenvalue weighted by Crippen LogP contribution is -2.49. The largest absolute Gasteiger partial charge is 0.361 e. The number of aryl methyl sites for hydroxylation is 1. The molecule has 2 aromatic rings.